The fraction of sp³-hybridized carbons (Fsp3) is 0.636. The van der Waals surface area contributed by atoms with Crippen LogP contribution in [0.1, 0.15) is 5.76 Å². The molecular formula is C11H21N3O4S. The molecule has 0 atom stereocenters. The smallest absolute Gasteiger partial charge is 0.271 e. The second-order valence-corrected chi connectivity index (χ2v) is 5.85. The van der Waals surface area contributed by atoms with E-state index in [9.17, 15) is 8.42 Å². The van der Waals surface area contributed by atoms with Crippen LogP contribution in [0.3, 0.4) is 0 Å². The maximum absolute atomic E-state index is 11.0. The number of nitrogens with zero attached hydrogens (tertiary/aromatic N) is 1. The van der Waals surface area contributed by atoms with Gasteiger partial charge in [-0.2, -0.15) is 0 Å². The molecule has 8 heteroatoms. The van der Waals surface area contributed by atoms with E-state index < -0.39 is 10.0 Å². The summed E-state index contributed by atoms with van der Waals surface area (Å²) in [6.07, 6.45) is 0. The van der Waals surface area contributed by atoms with Crippen molar-refractivity contribution in [3.63, 3.8) is 0 Å². The Morgan fingerprint density at radius 2 is 2.11 bits per heavy atom. The highest BCUT2D eigenvalue weighted by Crippen LogP contribution is 2.11. The number of ether oxygens (including phenoxy) is 1. The van der Waals surface area contributed by atoms with Crippen LogP contribution in [-0.2, 0) is 21.3 Å². The number of rotatable bonds is 9. The molecule has 7 nitrogen and oxygen atoms in total. The first-order valence-electron chi connectivity index (χ1n) is 5.94. The minimum absolute atomic E-state index is 0.216. The van der Waals surface area contributed by atoms with E-state index in [1.807, 2.05) is 19.0 Å². The zero-order valence-corrected chi connectivity index (χ0v) is 12.1. The van der Waals surface area contributed by atoms with Crippen molar-refractivity contribution in [3.05, 3.63) is 17.9 Å². The molecule has 1 aromatic rings. The van der Waals surface area contributed by atoms with Gasteiger partial charge in [-0.15, -0.1) is 0 Å². The molecule has 0 aliphatic carbocycles. The van der Waals surface area contributed by atoms with Gasteiger partial charge in [0, 0.05) is 13.1 Å². The molecule has 1 aromatic heterocycles. The first-order valence-corrected chi connectivity index (χ1v) is 7.49. The van der Waals surface area contributed by atoms with E-state index >= 15 is 0 Å². The van der Waals surface area contributed by atoms with Gasteiger partial charge in [-0.25, -0.2) is 13.6 Å². The largest absolute Gasteiger partial charge is 0.447 e. The third kappa shape index (κ3) is 6.69. The highest BCUT2D eigenvalue weighted by atomic mass is 32.2. The van der Waals surface area contributed by atoms with E-state index in [-0.39, 0.29) is 5.09 Å². The molecule has 0 radical (unpaired) electrons. The SMILES string of the molecule is CN(C)CCOCCNCc1ccc(S(N)(=O)=O)o1. The average Bonchev–Trinajstić information content (AvgIpc) is 2.75. The van der Waals surface area contributed by atoms with Gasteiger partial charge in [-0.05, 0) is 26.2 Å². The Labute approximate surface area is 113 Å². The summed E-state index contributed by atoms with van der Waals surface area (Å²) in [6, 6.07) is 2.93. The molecule has 0 aliphatic rings. The van der Waals surface area contributed by atoms with E-state index in [0.717, 1.165) is 6.54 Å². The standard InChI is InChI=1S/C11H21N3O4S/c1-14(2)6-8-17-7-5-13-9-10-3-4-11(18-10)19(12,15)16/h3-4,13H,5-9H2,1-2H3,(H2,12,15,16). The molecule has 0 spiro atoms. The summed E-state index contributed by atoms with van der Waals surface area (Å²) in [5, 5.41) is 7.81. The van der Waals surface area contributed by atoms with E-state index in [1.165, 1.54) is 6.07 Å². The molecule has 0 aromatic carbocycles. The predicted molar refractivity (Wildman–Crippen MR) is 71.2 cm³/mol. The second kappa shape index (κ2) is 7.61. The summed E-state index contributed by atoms with van der Waals surface area (Å²) < 4.78 is 32.5. The summed E-state index contributed by atoms with van der Waals surface area (Å²) in [5.74, 6) is 0.525. The molecule has 1 rings (SSSR count). The number of furan rings is 1. The molecule has 3 N–H and O–H groups in total. The second-order valence-electron chi connectivity index (χ2n) is 4.36. The van der Waals surface area contributed by atoms with Gasteiger partial charge in [0.2, 0.25) is 5.09 Å². The van der Waals surface area contributed by atoms with Crippen molar-refractivity contribution in [3.8, 4) is 0 Å². The van der Waals surface area contributed by atoms with Crippen LogP contribution in [0.25, 0.3) is 0 Å². The van der Waals surface area contributed by atoms with Gasteiger partial charge >= 0.3 is 0 Å². The maximum Gasteiger partial charge on any atom is 0.271 e. The third-order valence-electron chi connectivity index (χ3n) is 2.32. The molecule has 0 fully saturated rings. The predicted octanol–water partition coefficient (Wildman–Crippen LogP) is -0.405. The number of sulfonamides is 1. The van der Waals surface area contributed by atoms with Crippen molar-refractivity contribution >= 4 is 10.0 Å². The number of nitrogens with two attached hydrogens (primary N) is 1. The highest BCUT2D eigenvalue weighted by Gasteiger charge is 2.12. The molecule has 0 aliphatic heterocycles. The van der Waals surface area contributed by atoms with Gasteiger partial charge in [0.05, 0.1) is 19.8 Å². The Hall–Kier alpha value is -0.930. The molecule has 0 bridgehead atoms. The minimum atomic E-state index is -3.76. The lowest BCUT2D eigenvalue weighted by Crippen LogP contribution is -2.22. The van der Waals surface area contributed by atoms with E-state index in [0.29, 0.717) is 32.1 Å². The summed E-state index contributed by atoms with van der Waals surface area (Å²) >= 11 is 0. The number of primary sulfonamides is 1. The fourth-order valence-electron chi connectivity index (χ4n) is 1.31. The Morgan fingerprint density at radius 1 is 1.37 bits per heavy atom. The summed E-state index contributed by atoms with van der Waals surface area (Å²) in [6.45, 7) is 3.27. The van der Waals surface area contributed by atoms with Crippen molar-refractivity contribution in [2.45, 2.75) is 11.6 Å². The van der Waals surface area contributed by atoms with Gasteiger partial charge < -0.3 is 19.4 Å². The maximum atomic E-state index is 11.0. The van der Waals surface area contributed by atoms with Crippen molar-refractivity contribution in [2.24, 2.45) is 5.14 Å². The van der Waals surface area contributed by atoms with E-state index in [1.54, 1.807) is 6.07 Å². The zero-order chi connectivity index (χ0) is 14.3. The van der Waals surface area contributed by atoms with Crippen LogP contribution in [0, 0.1) is 0 Å². The molecule has 110 valence electrons. The average molecular weight is 291 g/mol. The quantitative estimate of drug-likeness (QED) is 0.601. The van der Waals surface area contributed by atoms with Gasteiger partial charge in [-0.3, -0.25) is 0 Å². The van der Waals surface area contributed by atoms with Crippen LogP contribution < -0.4 is 10.5 Å². The lowest BCUT2D eigenvalue weighted by atomic mass is 10.4. The monoisotopic (exact) mass is 291 g/mol. The number of likely N-dealkylation sites (N-methyl/N-ethyl adjacent to an activating group) is 1. The van der Waals surface area contributed by atoms with Crippen molar-refractivity contribution in [1.29, 1.82) is 0 Å². The summed E-state index contributed by atoms with van der Waals surface area (Å²) in [7, 11) is 0.219. The normalized spacial score (nSPS) is 12.2. The van der Waals surface area contributed by atoms with Crippen molar-refractivity contribution < 1.29 is 17.6 Å². The van der Waals surface area contributed by atoms with Gasteiger partial charge in [0.1, 0.15) is 5.76 Å². The van der Waals surface area contributed by atoms with Crippen LogP contribution in [-0.4, -0.2) is 53.7 Å². The summed E-state index contributed by atoms with van der Waals surface area (Å²) in [4.78, 5) is 2.05. The van der Waals surface area contributed by atoms with Crippen molar-refractivity contribution in [2.75, 3.05) is 40.4 Å². The van der Waals surface area contributed by atoms with Crippen LogP contribution in [0.4, 0.5) is 0 Å². The van der Waals surface area contributed by atoms with Crippen LogP contribution in [0.15, 0.2) is 21.6 Å². The number of nitrogens with one attached hydrogen (secondary N) is 1. The fourth-order valence-corrected chi connectivity index (χ4v) is 1.79. The zero-order valence-electron chi connectivity index (χ0n) is 11.3. The number of hydrogen-bond donors (Lipinski definition) is 2. The van der Waals surface area contributed by atoms with Gasteiger partial charge in [-0.1, -0.05) is 0 Å². The Balaban J connectivity index is 2.15. The molecular weight excluding hydrogens is 270 g/mol. The summed E-state index contributed by atoms with van der Waals surface area (Å²) in [5.41, 5.74) is 0. The molecule has 0 saturated heterocycles. The third-order valence-corrected chi connectivity index (χ3v) is 3.10. The lowest BCUT2D eigenvalue weighted by molar-refractivity contribution is 0.119. The van der Waals surface area contributed by atoms with Crippen LogP contribution in [0.2, 0.25) is 0 Å². The highest BCUT2D eigenvalue weighted by molar-refractivity contribution is 7.89. The van der Waals surface area contributed by atoms with Crippen molar-refractivity contribution in [1.82, 2.24) is 10.2 Å². The van der Waals surface area contributed by atoms with E-state index in [2.05, 4.69) is 5.32 Å². The molecule has 1 heterocycles. The lowest BCUT2D eigenvalue weighted by Gasteiger charge is -2.09. The van der Waals surface area contributed by atoms with E-state index in [4.69, 9.17) is 14.3 Å². The Bertz CT molecular complexity index is 470. The minimum Gasteiger partial charge on any atom is -0.447 e. The van der Waals surface area contributed by atoms with Crippen LogP contribution >= 0.6 is 0 Å². The Kier molecular flexibility index (Phi) is 6.46. The van der Waals surface area contributed by atoms with Gasteiger partial charge in [0.15, 0.2) is 0 Å². The molecule has 19 heavy (non-hydrogen) atoms. The first-order chi connectivity index (χ1) is 8.89. The first kappa shape index (κ1) is 16.1. The number of hydrogen-bond acceptors (Lipinski definition) is 6. The molecule has 0 amide bonds. The topological polar surface area (TPSA) is 97.8 Å². The van der Waals surface area contributed by atoms with Gasteiger partial charge in [0.25, 0.3) is 10.0 Å². The Morgan fingerprint density at radius 3 is 2.68 bits per heavy atom. The van der Waals surface area contributed by atoms with Crippen LogP contribution in [0.5, 0.6) is 0 Å². The molecule has 0 saturated carbocycles. The molecule has 0 unspecified atom stereocenters.